The number of nitrogens with zero attached hydrogens (tertiary/aromatic N) is 1. The standard InChI is InChI=1S/C2H2N2O2.Li/c5-2-1-3-4-6-2;/h3,5H;/q;+1/p-1. The Morgan fingerprint density at radius 1 is 1.86 bits per heavy atom. The molecule has 1 aliphatic heterocycles. The molecule has 0 aromatic carbocycles. The summed E-state index contributed by atoms with van der Waals surface area (Å²) in [4.78, 5) is 3.92. The zero-order valence-electron chi connectivity index (χ0n) is 3.76. The second-order valence-corrected chi connectivity index (χ2v) is 0.707. The van der Waals surface area contributed by atoms with Crippen LogP contribution < -0.4 is 29.1 Å². The Labute approximate surface area is 52.0 Å². The number of hydrogen-bond donors (Lipinski definition) is 1. The van der Waals surface area contributed by atoms with Gasteiger partial charge in [-0.1, -0.05) is 0 Å². The van der Waals surface area contributed by atoms with Gasteiger partial charge in [-0.15, -0.1) is 0 Å². The van der Waals surface area contributed by atoms with Crippen molar-refractivity contribution in [1.82, 2.24) is 0 Å². The molecule has 1 heterocycles. The van der Waals surface area contributed by atoms with Crippen LogP contribution in [0.25, 0.3) is 5.59 Å². The minimum absolute atomic E-state index is 0. The molecule has 1 N–H and O–H groups in total. The Kier molecular flexibility index (Phi) is 2.39. The maximum absolute atomic E-state index is 9.75. The smallest absolute Gasteiger partial charge is 0.648 e. The van der Waals surface area contributed by atoms with Crippen LogP contribution in [0.15, 0.2) is 5.95 Å². The van der Waals surface area contributed by atoms with Gasteiger partial charge in [0.25, 0.3) is 0 Å². The van der Waals surface area contributed by atoms with E-state index < -0.39 is 5.95 Å². The quantitative estimate of drug-likeness (QED) is 0.302. The molecule has 0 fully saturated rings. The minimum atomic E-state index is -0.574. The van der Waals surface area contributed by atoms with E-state index in [-0.39, 0.29) is 18.9 Å². The van der Waals surface area contributed by atoms with Gasteiger partial charge in [-0.05, 0) is 0 Å². The van der Waals surface area contributed by atoms with Crippen molar-refractivity contribution in [3.8, 4) is 0 Å². The first-order chi connectivity index (χ1) is 2.89. The van der Waals surface area contributed by atoms with E-state index in [9.17, 15) is 5.11 Å². The molecule has 0 atom stereocenters. The van der Waals surface area contributed by atoms with E-state index >= 15 is 0 Å². The third-order valence-electron chi connectivity index (χ3n) is 0.332. The Morgan fingerprint density at radius 3 is 2.71 bits per heavy atom. The molecule has 0 aromatic heterocycles. The summed E-state index contributed by atoms with van der Waals surface area (Å²) < 4.78 is 0. The maximum Gasteiger partial charge on any atom is 1.00 e. The molecule has 0 radical (unpaired) electrons. The van der Waals surface area contributed by atoms with Gasteiger partial charge in [0.1, 0.15) is 0 Å². The predicted molar refractivity (Wildman–Crippen MR) is 13.9 cm³/mol. The molecule has 4 nitrogen and oxygen atoms in total. The largest absolute Gasteiger partial charge is 1.00 e. The van der Waals surface area contributed by atoms with E-state index in [1.54, 1.807) is 0 Å². The number of nitrogens with one attached hydrogen (secondary N) is 1. The van der Waals surface area contributed by atoms with E-state index in [4.69, 9.17) is 0 Å². The predicted octanol–water partition coefficient (Wildman–Crippen LogP) is -5.82. The zero-order valence-corrected chi connectivity index (χ0v) is 3.76. The molecule has 0 saturated carbocycles. The molecule has 0 amide bonds. The van der Waals surface area contributed by atoms with Gasteiger partial charge in [0, 0.05) is 0 Å². The van der Waals surface area contributed by atoms with Crippen molar-refractivity contribution in [1.29, 1.82) is 0 Å². The molecular formula is C2HLiN2O2. The monoisotopic (exact) mass is 92.0 g/mol. The van der Waals surface area contributed by atoms with Crippen LogP contribution >= 0.6 is 0 Å². The Balaban J connectivity index is 0.000000360. The Hall–Kier alpha value is -0.553. The molecule has 0 spiro atoms. The van der Waals surface area contributed by atoms with Crippen molar-refractivity contribution in [3.63, 3.8) is 0 Å². The first-order valence-corrected chi connectivity index (χ1v) is 1.31. The Morgan fingerprint density at radius 2 is 2.57 bits per heavy atom. The summed E-state index contributed by atoms with van der Waals surface area (Å²) in [5.74, 6) is 1.47. The van der Waals surface area contributed by atoms with Crippen molar-refractivity contribution >= 4 is 5.87 Å². The van der Waals surface area contributed by atoms with Crippen LogP contribution in [0.3, 0.4) is 0 Å². The third kappa shape index (κ3) is 1.56. The fourth-order valence-corrected chi connectivity index (χ4v) is 0.156. The minimum Gasteiger partial charge on any atom is -0.648 e. The molecule has 7 heavy (non-hydrogen) atoms. The summed E-state index contributed by atoms with van der Waals surface area (Å²) in [5.41, 5.74) is 2.95. The second-order valence-electron chi connectivity index (χ2n) is 0.707. The fraction of sp³-hybridized carbons (Fsp3) is 0. The van der Waals surface area contributed by atoms with Crippen molar-refractivity contribution in [2.45, 2.75) is 0 Å². The van der Waals surface area contributed by atoms with Crippen LogP contribution in [-0.2, 0) is 4.84 Å². The summed E-state index contributed by atoms with van der Waals surface area (Å²) in [6.45, 7) is 0. The molecule has 0 unspecified atom stereocenters. The average molecular weight is 92.0 g/mol. The van der Waals surface area contributed by atoms with Gasteiger partial charge in [-0.25, -0.2) is 5.10 Å². The molecular weight excluding hydrogens is 91.0 g/mol. The van der Waals surface area contributed by atoms with Crippen LogP contribution in [0, 0.1) is 0 Å². The van der Waals surface area contributed by atoms with Crippen molar-refractivity contribution in [2.75, 3.05) is 0 Å². The average Bonchev–Trinajstić information content (AvgIpc) is 1.86. The number of hydrogen-bond acceptors (Lipinski definition) is 2. The van der Waals surface area contributed by atoms with Gasteiger partial charge in [-0.3, -0.25) is 0 Å². The van der Waals surface area contributed by atoms with Gasteiger partial charge in [0.15, 0.2) is 11.8 Å². The summed E-state index contributed by atoms with van der Waals surface area (Å²) >= 11 is 0. The van der Waals surface area contributed by atoms with Gasteiger partial charge < -0.3 is 15.5 Å². The van der Waals surface area contributed by atoms with E-state index in [1.165, 1.54) is 0 Å². The SMILES string of the molecule is [Li+].[O-]C1=C=[NH+][N-]O1. The summed E-state index contributed by atoms with van der Waals surface area (Å²) in [7, 11) is 0. The summed E-state index contributed by atoms with van der Waals surface area (Å²) in [6.07, 6.45) is 0. The van der Waals surface area contributed by atoms with Gasteiger partial charge >= 0.3 is 18.9 Å². The van der Waals surface area contributed by atoms with Crippen LogP contribution in [0.5, 0.6) is 0 Å². The van der Waals surface area contributed by atoms with Crippen LogP contribution in [0.4, 0.5) is 0 Å². The van der Waals surface area contributed by atoms with Crippen LogP contribution in [0.1, 0.15) is 0 Å². The number of rotatable bonds is 0. The first kappa shape index (κ1) is 6.45. The van der Waals surface area contributed by atoms with Gasteiger partial charge in [0.2, 0.25) is 0 Å². The van der Waals surface area contributed by atoms with Crippen molar-refractivity contribution in [3.05, 3.63) is 11.5 Å². The maximum atomic E-state index is 9.75. The van der Waals surface area contributed by atoms with E-state index in [2.05, 4.69) is 15.5 Å². The molecule has 1 aliphatic rings. The third-order valence-corrected chi connectivity index (χ3v) is 0.332. The molecule has 0 aliphatic carbocycles. The van der Waals surface area contributed by atoms with Crippen LogP contribution in [0.2, 0.25) is 0 Å². The molecule has 5 heteroatoms. The van der Waals surface area contributed by atoms with Crippen molar-refractivity contribution < 1.29 is 33.9 Å². The van der Waals surface area contributed by atoms with Gasteiger partial charge in [-0.2, -0.15) is 0 Å². The normalized spacial score (nSPS) is 13.4. The molecule has 0 saturated heterocycles. The zero-order chi connectivity index (χ0) is 4.41. The molecule has 0 aromatic rings. The summed E-state index contributed by atoms with van der Waals surface area (Å²) in [6, 6.07) is 0. The van der Waals surface area contributed by atoms with E-state index in [0.717, 1.165) is 0 Å². The molecule has 1 rings (SSSR count). The second kappa shape index (κ2) is 2.59. The fourth-order valence-electron chi connectivity index (χ4n) is 0.156. The summed E-state index contributed by atoms with van der Waals surface area (Å²) in [5, 5.41) is 11.8. The molecule has 0 bridgehead atoms. The Bertz CT molecular complexity index is 117. The molecule has 32 valence electrons. The van der Waals surface area contributed by atoms with E-state index in [0.29, 0.717) is 0 Å². The first-order valence-electron chi connectivity index (χ1n) is 1.31. The van der Waals surface area contributed by atoms with Crippen molar-refractivity contribution in [2.24, 2.45) is 0 Å². The topological polar surface area (TPSA) is 60.4 Å². The van der Waals surface area contributed by atoms with Gasteiger partial charge in [0.05, 0.1) is 0 Å². The van der Waals surface area contributed by atoms with Crippen LogP contribution in [-0.4, -0.2) is 5.87 Å². The van der Waals surface area contributed by atoms with E-state index in [1.807, 2.05) is 5.87 Å².